The minimum atomic E-state index is -1.86. The molecular weight excluding hydrogens is 288 g/mol. The number of rotatable bonds is 16. The van der Waals surface area contributed by atoms with Crippen molar-refractivity contribution in [3.8, 4) is 0 Å². The molecule has 0 heterocycles. The molecule has 0 amide bonds. The topological polar surface area (TPSA) is 18.5 Å². The van der Waals surface area contributed by atoms with Gasteiger partial charge >= 0.3 is 8.56 Å². The third-order valence-corrected chi connectivity index (χ3v) is 5.72. The van der Waals surface area contributed by atoms with Crippen molar-refractivity contribution in [3.05, 3.63) is 0 Å². The highest BCUT2D eigenvalue weighted by Gasteiger charge is 2.24. The Labute approximate surface area is 141 Å². The summed E-state index contributed by atoms with van der Waals surface area (Å²) in [5, 5.41) is 0. The first-order valence-corrected chi connectivity index (χ1v) is 12.6. The molecule has 2 nitrogen and oxygen atoms in total. The van der Waals surface area contributed by atoms with Gasteiger partial charge in [-0.3, -0.25) is 0 Å². The summed E-state index contributed by atoms with van der Waals surface area (Å²) < 4.78 is 11.9. The van der Waals surface area contributed by atoms with Gasteiger partial charge in [0.2, 0.25) is 0 Å². The lowest BCUT2D eigenvalue weighted by Crippen LogP contribution is -2.36. The monoisotopic (exact) mass is 330 g/mol. The first-order valence-electron chi connectivity index (χ1n) is 9.76. The van der Waals surface area contributed by atoms with Crippen LogP contribution in [-0.4, -0.2) is 21.8 Å². The van der Waals surface area contributed by atoms with Crippen LogP contribution in [0.5, 0.6) is 0 Å². The zero-order valence-corrected chi connectivity index (χ0v) is 17.1. The lowest BCUT2D eigenvalue weighted by molar-refractivity contribution is 0.159. The van der Waals surface area contributed by atoms with Gasteiger partial charge in [0.1, 0.15) is 0 Å². The summed E-state index contributed by atoms with van der Waals surface area (Å²) in [5.41, 5.74) is 0. The fraction of sp³-hybridized carbons (Fsp3) is 1.00. The summed E-state index contributed by atoms with van der Waals surface area (Å²) >= 11 is 0. The predicted molar refractivity (Wildman–Crippen MR) is 101 cm³/mol. The maximum Gasteiger partial charge on any atom is 0.331 e. The van der Waals surface area contributed by atoms with Crippen molar-refractivity contribution in [2.24, 2.45) is 5.92 Å². The summed E-state index contributed by atoms with van der Waals surface area (Å²) in [7, 11) is -1.86. The molecule has 0 unspecified atom stereocenters. The fourth-order valence-corrected chi connectivity index (χ4v) is 3.95. The first kappa shape index (κ1) is 22.1. The average molecular weight is 331 g/mol. The van der Waals surface area contributed by atoms with Gasteiger partial charge in [-0.05, 0) is 25.4 Å². The highest BCUT2D eigenvalue weighted by atomic mass is 28.4. The molecule has 0 aliphatic carbocycles. The molecule has 0 aliphatic heterocycles. The molecule has 0 aromatic heterocycles. The van der Waals surface area contributed by atoms with Gasteiger partial charge in [0, 0.05) is 13.2 Å². The molecular formula is C19H42O2Si. The van der Waals surface area contributed by atoms with Crippen LogP contribution in [0.25, 0.3) is 0 Å². The van der Waals surface area contributed by atoms with Crippen LogP contribution >= 0.6 is 0 Å². The molecule has 0 aromatic carbocycles. The van der Waals surface area contributed by atoms with Crippen molar-refractivity contribution >= 4 is 8.56 Å². The third-order valence-electron chi connectivity index (χ3n) is 3.96. The van der Waals surface area contributed by atoms with Crippen LogP contribution in [0.1, 0.15) is 91.4 Å². The van der Waals surface area contributed by atoms with Crippen molar-refractivity contribution in [2.75, 3.05) is 13.2 Å². The lowest BCUT2D eigenvalue weighted by Gasteiger charge is -2.24. The largest absolute Gasteiger partial charge is 0.395 e. The number of hydrogen-bond acceptors (Lipinski definition) is 2. The van der Waals surface area contributed by atoms with E-state index in [1.54, 1.807) is 0 Å². The second kappa shape index (κ2) is 14.7. The van der Waals surface area contributed by atoms with Crippen LogP contribution < -0.4 is 0 Å². The Morgan fingerprint density at radius 1 is 0.682 bits per heavy atom. The molecule has 3 heteroatoms. The van der Waals surface area contributed by atoms with Crippen molar-refractivity contribution in [3.63, 3.8) is 0 Å². The summed E-state index contributed by atoms with van der Waals surface area (Å²) in [4.78, 5) is 0. The van der Waals surface area contributed by atoms with Gasteiger partial charge < -0.3 is 8.85 Å². The van der Waals surface area contributed by atoms with Gasteiger partial charge in [-0.15, -0.1) is 0 Å². The van der Waals surface area contributed by atoms with E-state index in [1.165, 1.54) is 70.6 Å². The third kappa shape index (κ3) is 16.5. The molecule has 0 rings (SSSR count). The molecule has 0 radical (unpaired) electrons. The van der Waals surface area contributed by atoms with Crippen LogP contribution in [0.15, 0.2) is 0 Å². The van der Waals surface area contributed by atoms with E-state index in [2.05, 4.69) is 33.9 Å². The van der Waals surface area contributed by atoms with Crippen molar-refractivity contribution < 1.29 is 8.85 Å². The minimum absolute atomic E-state index is 0.595. The quantitative estimate of drug-likeness (QED) is 0.232. The molecule has 0 N–H and O–H groups in total. The molecule has 0 fully saturated rings. The van der Waals surface area contributed by atoms with E-state index >= 15 is 0 Å². The molecule has 0 saturated carbocycles. The van der Waals surface area contributed by atoms with Crippen LogP contribution in [0.4, 0.5) is 0 Å². The van der Waals surface area contributed by atoms with Crippen LogP contribution in [0, 0.1) is 5.92 Å². The molecule has 0 atom stereocenters. The average Bonchev–Trinajstić information content (AvgIpc) is 2.46. The summed E-state index contributed by atoms with van der Waals surface area (Å²) in [6.45, 7) is 12.7. The van der Waals surface area contributed by atoms with Gasteiger partial charge in [0.05, 0.1) is 0 Å². The fourth-order valence-electron chi connectivity index (χ4n) is 2.49. The van der Waals surface area contributed by atoms with Gasteiger partial charge in [-0.25, -0.2) is 0 Å². The molecule has 134 valence electrons. The smallest absolute Gasteiger partial charge is 0.331 e. The summed E-state index contributed by atoms with van der Waals surface area (Å²) in [6, 6.07) is 0. The standard InChI is InChI=1S/C19H42O2Si/c1-6-7-8-9-10-11-12-13-14-15-16-17-20-22(4,5)21-18-19(2)3/h19H,6-18H2,1-5H3. The zero-order valence-electron chi connectivity index (χ0n) is 16.1. The van der Waals surface area contributed by atoms with E-state index in [1.807, 2.05) is 0 Å². The molecule has 0 spiro atoms. The Balaban J connectivity index is 3.25. The van der Waals surface area contributed by atoms with Gasteiger partial charge in [-0.2, -0.15) is 0 Å². The second-order valence-corrected chi connectivity index (χ2v) is 10.9. The van der Waals surface area contributed by atoms with E-state index in [-0.39, 0.29) is 0 Å². The Bertz CT molecular complexity index is 229. The molecule has 0 aliphatic rings. The maximum atomic E-state index is 5.98. The van der Waals surface area contributed by atoms with Crippen LogP contribution in [0.3, 0.4) is 0 Å². The highest BCUT2D eigenvalue weighted by molar-refractivity contribution is 6.64. The highest BCUT2D eigenvalue weighted by Crippen LogP contribution is 2.13. The number of hydrogen-bond donors (Lipinski definition) is 0. The predicted octanol–water partition coefficient (Wildman–Crippen LogP) is 6.69. The van der Waals surface area contributed by atoms with Crippen LogP contribution in [-0.2, 0) is 8.85 Å². The van der Waals surface area contributed by atoms with Gasteiger partial charge in [0.25, 0.3) is 0 Å². The summed E-state index contributed by atoms with van der Waals surface area (Å²) in [5.74, 6) is 0.595. The maximum absolute atomic E-state index is 5.98. The Morgan fingerprint density at radius 2 is 1.14 bits per heavy atom. The van der Waals surface area contributed by atoms with Crippen molar-refractivity contribution in [1.29, 1.82) is 0 Å². The van der Waals surface area contributed by atoms with Crippen molar-refractivity contribution in [2.45, 2.75) is 104 Å². The first-order chi connectivity index (χ1) is 10.5. The van der Waals surface area contributed by atoms with Gasteiger partial charge in [-0.1, -0.05) is 85.0 Å². The molecule has 0 saturated heterocycles. The van der Waals surface area contributed by atoms with E-state index in [0.29, 0.717) is 5.92 Å². The van der Waals surface area contributed by atoms with Gasteiger partial charge in [0.15, 0.2) is 0 Å². The minimum Gasteiger partial charge on any atom is -0.395 e. The normalized spacial score (nSPS) is 12.3. The van der Waals surface area contributed by atoms with E-state index in [4.69, 9.17) is 8.85 Å². The Hall–Kier alpha value is 0.137. The van der Waals surface area contributed by atoms with E-state index < -0.39 is 8.56 Å². The van der Waals surface area contributed by atoms with Crippen molar-refractivity contribution in [1.82, 2.24) is 0 Å². The summed E-state index contributed by atoms with van der Waals surface area (Å²) in [6.07, 6.45) is 15.2. The Kier molecular flexibility index (Phi) is 14.8. The molecule has 0 aromatic rings. The van der Waals surface area contributed by atoms with E-state index in [0.717, 1.165) is 13.2 Å². The lowest BCUT2D eigenvalue weighted by atomic mass is 10.1. The zero-order chi connectivity index (χ0) is 16.7. The Morgan fingerprint density at radius 3 is 1.59 bits per heavy atom. The van der Waals surface area contributed by atoms with Crippen LogP contribution in [0.2, 0.25) is 13.1 Å². The molecule has 22 heavy (non-hydrogen) atoms. The molecule has 0 bridgehead atoms. The van der Waals surface area contributed by atoms with E-state index in [9.17, 15) is 0 Å². The number of unbranched alkanes of at least 4 members (excludes halogenated alkanes) is 10. The second-order valence-electron chi connectivity index (χ2n) is 7.49. The SMILES string of the molecule is CCCCCCCCCCCCCO[Si](C)(C)OCC(C)C.